The molecule has 0 amide bonds. The highest BCUT2D eigenvalue weighted by Gasteiger charge is 2.23. The van der Waals surface area contributed by atoms with E-state index >= 15 is 0 Å². The van der Waals surface area contributed by atoms with E-state index in [4.69, 9.17) is 0 Å². The number of nitrogens with zero attached hydrogens (tertiary/aromatic N) is 2. The van der Waals surface area contributed by atoms with Gasteiger partial charge in [-0.25, -0.2) is 31.5 Å². The molecule has 0 saturated heterocycles. The summed E-state index contributed by atoms with van der Waals surface area (Å²) in [6.45, 7) is 8.99. The second-order valence-electron chi connectivity index (χ2n) is 7.35. The zero-order valence-electron chi connectivity index (χ0n) is 17.9. The van der Waals surface area contributed by atoms with Gasteiger partial charge in [-0.2, -0.15) is 0 Å². The molecule has 0 spiro atoms. The molecule has 10 heteroatoms. The Hall–Kier alpha value is -2.98. The predicted molar refractivity (Wildman–Crippen MR) is 120 cm³/mol. The van der Waals surface area contributed by atoms with Gasteiger partial charge in [0.25, 0.3) is 20.0 Å². The van der Waals surface area contributed by atoms with Crippen LogP contribution >= 0.6 is 0 Å². The molecule has 164 valence electrons. The molecule has 2 aromatic carbocycles. The summed E-state index contributed by atoms with van der Waals surface area (Å²) >= 11 is 0. The fourth-order valence-electron chi connectivity index (χ4n) is 3.17. The molecule has 2 N–H and O–H groups in total. The van der Waals surface area contributed by atoms with Crippen LogP contribution in [-0.4, -0.2) is 26.8 Å². The minimum atomic E-state index is -3.92. The summed E-state index contributed by atoms with van der Waals surface area (Å²) in [5.41, 5.74) is 4.00. The van der Waals surface area contributed by atoms with Gasteiger partial charge in [0.15, 0.2) is 0 Å². The Balaban J connectivity index is 1.87. The van der Waals surface area contributed by atoms with Gasteiger partial charge < -0.3 is 0 Å². The molecular formula is C21H24N4O4S2. The van der Waals surface area contributed by atoms with Crippen LogP contribution in [0.3, 0.4) is 0 Å². The number of aryl methyl sites for hydroxylation is 3. The first kappa shape index (κ1) is 22.7. The number of nitrogens with one attached hydrogen (secondary N) is 2. The minimum Gasteiger partial charge on any atom is -0.280 e. The Bertz CT molecular complexity index is 1320. The molecule has 1 aromatic heterocycles. The van der Waals surface area contributed by atoms with Crippen LogP contribution in [0, 0.1) is 34.6 Å². The molecule has 0 unspecified atom stereocenters. The number of anilines is 2. The molecule has 0 bridgehead atoms. The van der Waals surface area contributed by atoms with Crippen LogP contribution in [0.5, 0.6) is 0 Å². The van der Waals surface area contributed by atoms with Crippen molar-refractivity contribution in [3.63, 3.8) is 0 Å². The Morgan fingerprint density at radius 1 is 0.742 bits per heavy atom. The van der Waals surface area contributed by atoms with Gasteiger partial charge in [0, 0.05) is 17.6 Å². The van der Waals surface area contributed by atoms with Crippen molar-refractivity contribution in [2.24, 2.45) is 0 Å². The number of rotatable bonds is 6. The van der Waals surface area contributed by atoms with Gasteiger partial charge in [-0.15, -0.1) is 0 Å². The zero-order chi connectivity index (χ0) is 23.0. The van der Waals surface area contributed by atoms with Crippen molar-refractivity contribution in [2.75, 3.05) is 9.44 Å². The van der Waals surface area contributed by atoms with Crippen LogP contribution in [0.15, 0.2) is 52.4 Å². The van der Waals surface area contributed by atoms with Gasteiger partial charge in [-0.3, -0.25) is 4.72 Å². The predicted octanol–water partition coefficient (Wildman–Crippen LogP) is 3.62. The summed E-state index contributed by atoms with van der Waals surface area (Å²) in [5.74, 6) is -0.0365. The number of benzene rings is 2. The number of sulfonamides is 2. The molecule has 8 nitrogen and oxygen atoms in total. The van der Waals surface area contributed by atoms with E-state index < -0.39 is 20.0 Å². The number of aromatic nitrogens is 2. The van der Waals surface area contributed by atoms with Crippen LogP contribution in [0.25, 0.3) is 0 Å². The topological polar surface area (TPSA) is 118 Å². The molecular weight excluding hydrogens is 436 g/mol. The van der Waals surface area contributed by atoms with Crippen molar-refractivity contribution in [1.82, 2.24) is 9.97 Å². The Morgan fingerprint density at radius 2 is 1.32 bits per heavy atom. The second-order valence-corrected chi connectivity index (χ2v) is 10.6. The molecule has 0 atom stereocenters. The lowest BCUT2D eigenvalue weighted by molar-refractivity contribution is 0.599. The normalized spacial score (nSPS) is 11.9. The minimum absolute atomic E-state index is 0.0365. The third kappa shape index (κ3) is 4.86. The van der Waals surface area contributed by atoms with Crippen molar-refractivity contribution in [2.45, 2.75) is 44.4 Å². The highest BCUT2D eigenvalue weighted by atomic mass is 32.2. The van der Waals surface area contributed by atoms with E-state index in [0.29, 0.717) is 16.8 Å². The molecule has 3 rings (SSSR count). The van der Waals surface area contributed by atoms with E-state index in [1.165, 1.54) is 30.5 Å². The third-order valence-electron chi connectivity index (χ3n) is 5.00. The SMILES string of the molecule is Cc1ccnc(NS(=O)(=O)c2ccc(NS(=O)(=O)c3c(C)c(C)cc(C)c3C)cc2)n1. The van der Waals surface area contributed by atoms with Crippen LogP contribution in [0.4, 0.5) is 11.6 Å². The fourth-order valence-corrected chi connectivity index (χ4v) is 5.80. The van der Waals surface area contributed by atoms with E-state index in [-0.39, 0.29) is 21.4 Å². The van der Waals surface area contributed by atoms with Crippen molar-refractivity contribution >= 4 is 31.7 Å². The molecule has 0 aliphatic heterocycles. The second kappa shape index (κ2) is 8.27. The van der Waals surface area contributed by atoms with E-state index in [1.54, 1.807) is 26.8 Å². The summed E-state index contributed by atoms with van der Waals surface area (Å²) in [4.78, 5) is 8.10. The van der Waals surface area contributed by atoms with Gasteiger partial charge in [0.2, 0.25) is 5.95 Å². The van der Waals surface area contributed by atoms with Gasteiger partial charge in [-0.1, -0.05) is 6.07 Å². The average molecular weight is 461 g/mol. The standard InChI is InChI=1S/C21H24N4O4S2/c1-13-12-14(2)17(5)20(16(13)4)31(28,29)24-18-6-8-19(9-7-18)30(26,27)25-21-22-11-10-15(3)23-21/h6-12,24H,1-5H3,(H,22,23,25). The quantitative estimate of drug-likeness (QED) is 0.580. The maximum absolute atomic E-state index is 13.0. The van der Waals surface area contributed by atoms with E-state index in [1.807, 2.05) is 19.9 Å². The summed E-state index contributed by atoms with van der Waals surface area (Å²) < 4.78 is 56.1. The lowest BCUT2D eigenvalue weighted by Crippen LogP contribution is -2.17. The van der Waals surface area contributed by atoms with Crippen LogP contribution in [0.2, 0.25) is 0 Å². The van der Waals surface area contributed by atoms with Crippen LogP contribution in [0.1, 0.15) is 27.9 Å². The highest BCUT2D eigenvalue weighted by molar-refractivity contribution is 7.93. The number of hydrogen-bond acceptors (Lipinski definition) is 6. The average Bonchev–Trinajstić information content (AvgIpc) is 2.66. The molecule has 0 aliphatic carbocycles. The largest absolute Gasteiger partial charge is 0.280 e. The highest BCUT2D eigenvalue weighted by Crippen LogP contribution is 2.28. The van der Waals surface area contributed by atoms with Crippen molar-refractivity contribution in [1.29, 1.82) is 0 Å². The summed E-state index contributed by atoms with van der Waals surface area (Å²) in [5, 5.41) is 0. The van der Waals surface area contributed by atoms with E-state index in [9.17, 15) is 16.8 Å². The van der Waals surface area contributed by atoms with E-state index in [0.717, 1.165) is 11.1 Å². The monoisotopic (exact) mass is 460 g/mol. The fraction of sp³-hybridized carbons (Fsp3) is 0.238. The molecule has 31 heavy (non-hydrogen) atoms. The first-order valence-corrected chi connectivity index (χ1v) is 12.4. The Labute approximate surface area is 182 Å². The van der Waals surface area contributed by atoms with Gasteiger partial charge in [-0.05, 0) is 87.2 Å². The van der Waals surface area contributed by atoms with Crippen molar-refractivity contribution < 1.29 is 16.8 Å². The van der Waals surface area contributed by atoms with Gasteiger partial charge in [0.1, 0.15) is 0 Å². The van der Waals surface area contributed by atoms with Crippen molar-refractivity contribution in [3.05, 3.63) is 70.5 Å². The molecule has 0 aliphatic rings. The first-order valence-electron chi connectivity index (χ1n) is 9.43. The molecule has 1 heterocycles. The molecule has 3 aromatic rings. The molecule has 0 saturated carbocycles. The van der Waals surface area contributed by atoms with E-state index in [2.05, 4.69) is 19.4 Å². The smallest absolute Gasteiger partial charge is 0.264 e. The lowest BCUT2D eigenvalue weighted by Gasteiger charge is -2.17. The zero-order valence-corrected chi connectivity index (χ0v) is 19.5. The van der Waals surface area contributed by atoms with Crippen LogP contribution < -0.4 is 9.44 Å². The van der Waals surface area contributed by atoms with Gasteiger partial charge in [0.05, 0.1) is 9.79 Å². The maximum atomic E-state index is 13.0. The Kier molecular flexibility index (Phi) is 6.06. The van der Waals surface area contributed by atoms with Gasteiger partial charge >= 0.3 is 0 Å². The first-order chi connectivity index (χ1) is 14.4. The third-order valence-corrected chi connectivity index (χ3v) is 8.00. The van der Waals surface area contributed by atoms with Crippen LogP contribution in [-0.2, 0) is 20.0 Å². The number of hydrogen-bond donors (Lipinski definition) is 2. The summed E-state index contributed by atoms with van der Waals surface area (Å²) in [6.07, 6.45) is 1.45. The van der Waals surface area contributed by atoms with Crippen molar-refractivity contribution in [3.8, 4) is 0 Å². The Morgan fingerprint density at radius 3 is 1.87 bits per heavy atom. The lowest BCUT2D eigenvalue weighted by atomic mass is 10.0. The maximum Gasteiger partial charge on any atom is 0.264 e. The molecule has 0 radical (unpaired) electrons. The summed E-state index contributed by atoms with van der Waals surface area (Å²) in [6, 6.07) is 9.04. The summed E-state index contributed by atoms with van der Waals surface area (Å²) in [7, 11) is -7.78. The molecule has 0 fully saturated rings.